The summed E-state index contributed by atoms with van der Waals surface area (Å²) in [6, 6.07) is 9.87. The van der Waals surface area contributed by atoms with E-state index < -0.39 is 5.24 Å². The number of pyridine rings is 1. The molecule has 0 amide bonds. The fraction of sp³-hybridized carbons (Fsp3) is 0.125. The molecule has 1 aromatic carbocycles. The topological polar surface area (TPSA) is 34.9 Å². The van der Waals surface area contributed by atoms with Crippen LogP contribution in [0.25, 0.3) is 16.6 Å². The molecule has 2 aromatic heterocycles. The van der Waals surface area contributed by atoms with E-state index in [-0.39, 0.29) is 0 Å². The van der Waals surface area contributed by atoms with E-state index in [0.29, 0.717) is 5.56 Å². The second-order valence-corrected chi connectivity index (χ2v) is 5.09. The molecule has 100 valence electrons. The minimum atomic E-state index is -0.428. The van der Waals surface area contributed by atoms with Crippen LogP contribution in [-0.2, 0) is 0 Å². The minimum Gasteiger partial charge on any atom is -0.319 e. The van der Waals surface area contributed by atoms with Crippen molar-refractivity contribution in [2.45, 2.75) is 13.8 Å². The SMILES string of the molecule is Cc1c(C(=O)Cl)cn(-c2ccnc3ccccc23)c1C. The molecular formula is C16H13ClN2O. The molecule has 0 spiro atoms. The van der Waals surface area contributed by atoms with Crippen molar-refractivity contribution >= 4 is 27.7 Å². The van der Waals surface area contributed by atoms with Crippen LogP contribution in [0.2, 0.25) is 0 Å². The highest BCUT2D eigenvalue weighted by atomic mass is 35.5. The Labute approximate surface area is 121 Å². The van der Waals surface area contributed by atoms with Crippen molar-refractivity contribution in [2.75, 3.05) is 0 Å². The van der Waals surface area contributed by atoms with Gasteiger partial charge >= 0.3 is 0 Å². The molecule has 0 aliphatic heterocycles. The smallest absolute Gasteiger partial charge is 0.254 e. The molecule has 0 aliphatic carbocycles. The first-order chi connectivity index (χ1) is 9.59. The van der Waals surface area contributed by atoms with Gasteiger partial charge in [-0.1, -0.05) is 18.2 Å². The number of hydrogen-bond acceptors (Lipinski definition) is 2. The lowest BCUT2D eigenvalue weighted by Crippen LogP contribution is -1.97. The number of rotatable bonds is 2. The first kappa shape index (κ1) is 12.9. The highest BCUT2D eigenvalue weighted by molar-refractivity contribution is 6.67. The molecule has 3 nitrogen and oxygen atoms in total. The van der Waals surface area contributed by atoms with Crippen LogP contribution in [0.3, 0.4) is 0 Å². The van der Waals surface area contributed by atoms with Gasteiger partial charge < -0.3 is 4.57 Å². The summed E-state index contributed by atoms with van der Waals surface area (Å²) in [5.41, 5.74) is 4.39. The monoisotopic (exact) mass is 284 g/mol. The maximum atomic E-state index is 11.5. The van der Waals surface area contributed by atoms with E-state index in [0.717, 1.165) is 27.8 Å². The van der Waals surface area contributed by atoms with Gasteiger partial charge in [-0.2, -0.15) is 0 Å². The lowest BCUT2D eigenvalue weighted by Gasteiger charge is -2.09. The number of benzene rings is 1. The molecular weight excluding hydrogens is 272 g/mol. The van der Waals surface area contributed by atoms with Crippen molar-refractivity contribution in [1.82, 2.24) is 9.55 Å². The van der Waals surface area contributed by atoms with Crippen molar-refractivity contribution in [3.05, 3.63) is 59.5 Å². The Kier molecular flexibility index (Phi) is 3.07. The Bertz CT molecular complexity index is 815. The molecule has 2 heterocycles. The Hall–Kier alpha value is -2.13. The third-order valence-electron chi connectivity index (χ3n) is 3.66. The van der Waals surface area contributed by atoms with Crippen molar-refractivity contribution in [3.63, 3.8) is 0 Å². The summed E-state index contributed by atoms with van der Waals surface area (Å²) in [6.07, 6.45) is 3.57. The molecule has 0 saturated heterocycles. The summed E-state index contributed by atoms with van der Waals surface area (Å²) in [5, 5.41) is 0.615. The zero-order chi connectivity index (χ0) is 14.3. The summed E-state index contributed by atoms with van der Waals surface area (Å²) in [5.74, 6) is 0. The van der Waals surface area contributed by atoms with Gasteiger partial charge in [0.1, 0.15) is 0 Å². The average Bonchev–Trinajstić information content (AvgIpc) is 2.75. The molecule has 0 unspecified atom stereocenters. The van der Waals surface area contributed by atoms with Crippen molar-refractivity contribution in [3.8, 4) is 5.69 Å². The maximum absolute atomic E-state index is 11.5. The molecule has 0 aliphatic rings. The molecule has 0 radical (unpaired) electrons. The molecule has 0 N–H and O–H groups in total. The number of para-hydroxylation sites is 1. The number of carbonyl (C=O) groups excluding carboxylic acids is 1. The first-order valence-corrected chi connectivity index (χ1v) is 6.70. The van der Waals surface area contributed by atoms with E-state index >= 15 is 0 Å². The minimum absolute atomic E-state index is 0.428. The van der Waals surface area contributed by atoms with E-state index in [9.17, 15) is 4.79 Å². The van der Waals surface area contributed by atoms with E-state index in [1.165, 1.54) is 0 Å². The summed E-state index contributed by atoms with van der Waals surface area (Å²) in [6.45, 7) is 3.89. The molecule has 4 heteroatoms. The number of halogens is 1. The Morgan fingerprint density at radius 1 is 1.20 bits per heavy atom. The van der Waals surface area contributed by atoms with Gasteiger partial charge in [0, 0.05) is 23.5 Å². The molecule has 3 rings (SSSR count). The third-order valence-corrected chi connectivity index (χ3v) is 3.87. The fourth-order valence-corrected chi connectivity index (χ4v) is 2.63. The van der Waals surface area contributed by atoms with Gasteiger partial charge in [0.15, 0.2) is 0 Å². The quantitative estimate of drug-likeness (QED) is 0.666. The predicted molar refractivity (Wildman–Crippen MR) is 80.7 cm³/mol. The molecule has 20 heavy (non-hydrogen) atoms. The average molecular weight is 285 g/mol. The summed E-state index contributed by atoms with van der Waals surface area (Å²) >= 11 is 5.63. The maximum Gasteiger partial charge on any atom is 0.254 e. The third kappa shape index (κ3) is 1.91. The van der Waals surface area contributed by atoms with Crippen LogP contribution in [0.15, 0.2) is 42.7 Å². The summed E-state index contributed by atoms with van der Waals surface area (Å²) in [7, 11) is 0. The molecule has 0 bridgehead atoms. The number of fused-ring (bicyclic) bond motifs is 1. The van der Waals surface area contributed by atoms with E-state index in [2.05, 4.69) is 4.98 Å². The fourth-order valence-electron chi connectivity index (χ4n) is 2.44. The van der Waals surface area contributed by atoms with Gasteiger partial charge in [-0.3, -0.25) is 9.78 Å². The van der Waals surface area contributed by atoms with E-state index in [4.69, 9.17) is 11.6 Å². The van der Waals surface area contributed by atoms with Gasteiger partial charge in [0.05, 0.1) is 16.8 Å². The second-order valence-electron chi connectivity index (χ2n) is 4.74. The lowest BCUT2D eigenvalue weighted by molar-refractivity contribution is 0.108. The lowest BCUT2D eigenvalue weighted by atomic mass is 10.2. The summed E-state index contributed by atoms with van der Waals surface area (Å²) < 4.78 is 2.00. The van der Waals surface area contributed by atoms with Crippen LogP contribution in [0.1, 0.15) is 21.6 Å². The number of nitrogens with zero attached hydrogens (tertiary/aromatic N) is 2. The van der Waals surface area contributed by atoms with Crippen LogP contribution in [0.5, 0.6) is 0 Å². The zero-order valence-corrected chi connectivity index (χ0v) is 12.0. The highest BCUT2D eigenvalue weighted by Gasteiger charge is 2.15. The second kappa shape index (κ2) is 4.76. The Morgan fingerprint density at radius 2 is 1.95 bits per heavy atom. The van der Waals surface area contributed by atoms with Crippen LogP contribution < -0.4 is 0 Å². The number of carbonyl (C=O) groups is 1. The Balaban J connectivity index is 2.32. The zero-order valence-electron chi connectivity index (χ0n) is 11.2. The van der Waals surface area contributed by atoms with Gasteiger partial charge in [-0.25, -0.2) is 0 Å². The first-order valence-electron chi connectivity index (χ1n) is 6.32. The number of hydrogen-bond donors (Lipinski definition) is 0. The van der Waals surface area contributed by atoms with E-state index in [1.54, 1.807) is 12.4 Å². The van der Waals surface area contributed by atoms with Gasteiger partial charge in [-0.05, 0) is 43.1 Å². The van der Waals surface area contributed by atoms with E-state index in [1.807, 2.05) is 48.7 Å². The highest BCUT2D eigenvalue weighted by Crippen LogP contribution is 2.26. The van der Waals surface area contributed by atoms with Crippen LogP contribution in [0.4, 0.5) is 0 Å². The van der Waals surface area contributed by atoms with Crippen molar-refractivity contribution < 1.29 is 4.79 Å². The molecule has 3 aromatic rings. The van der Waals surface area contributed by atoms with Crippen LogP contribution >= 0.6 is 11.6 Å². The normalized spacial score (nSPS) is 10.9. The van der Waals surface area contributed by atoms with Crippen molar-refractivity contribution in [2.24, 2.45) is 0 Å². The summed E-state index contributed by atoms with van der Waals surface area (Å²) in [4.78, 5) is 15.8. The van der Waals surface area contributed by atoms with Gasteiger partial charge in [0.2, 0.25) is 0 Å². The number of aromatic nitrogens is 2. The van der Waals surface area contributed by atoms with Gasteiger partial charge in [-0.15, -0.1) is 0 Å². The molecule has 0 atom stereocenters. The van der Waals surface area contributed by atoms with Crippen LogP contribution in [-0.4, -0.2) is 14.8 Å². The largest absolute Gasteiger partial charge is 0.319 e. The van der Waals surface area contributed by atoms with Crippen LogP contribution in [0, 0.1) is 13.8 Å². The standard InChI is InChI=1S/C16H13ClN2O/c1-10-11(2)19(9-13(10)16(17)20)15-7-8-18-14-6-4-3-5-12(14)15/h3-9H,1-2H3. The molecule has 0 saturated carbocycles. The van der Waals surface area contributed by atoms with Crippen molar-refractivity contribution in [1.29, 1.82) is 0 Å². The molecule has 0 fully saturated rings. The Morgan fingerprint density at radius 3 is 2.65 bits per heavy atom. The van der Waals surface area contributed by atoms with Gasteiger partial charge in [0.25, 0.3) is 5.24 Å². The predicted octanol–water partition coefficient (Wildman–Crippen LogP) is 4.02.